The van der Waals surface area contributed by atoms with Gasteiger partial charge in [0.2, 0.25) is 0 Å². The lowest BCUT2D eigenvalue weighted by molar-refractivity contribution is 0.0920. The Bertz CT molecular complexity index is 349. The lowest BCUT2D eigenvalue weighted by Crippen LogP contribution is -2.05. The number of ether oxygens (including phenoxy) is 1. The van der Waals surface area contributed by atoms with Gasteiger partial charge in [0.1, 0.15) is 0 Å². The van der Waals surface area contributed by atoms with E-state index in [-0.39, 0.29) is 0 Å². The van der Waals surface area contributed by atoms with Gasteiger partial charge >= 0.3 is 0 Å². The maximum absolute atomic E-state index is 5.55. The molecule has 0 spiro atoms. The Kier molecular flexibility index (Phi) is 16.8. The molecule has 1 aliphatic rings. The highest BCUT2D eigenvalue weighted by molar-refractivity contribution is 7.99. The van der Waals surface area contributed by atoms with Crippen molar-refractivity contribution in [1.82, 2.24) is 0 Å². The van der Waals surface area contributed by atoms with Crippen molar-refractivity contribution in [2.24, 2.45) is 5.92 Å². The molecule has 1 saturated carbocycles. The Balaban J connectivity index is 1.68. The highest BCUT2D eigenvalue weighted by Gasteiger charge is 2.10. The first-order valence-electron chi connectivity index (χ1n) is 11.5. The van der Waals surface area contributed by atoms with E-state index in [2.05, 4.69) is 37.5 Å². The third kappa shape index (κ3) is 16.1. The first-order chi connectivity index (χ1) is 12.8. The molecule has 0 aromatic rings. The van der Waals surface area contributed by atoms with Crippen molar-refractivity contribution in [3.8, 4) is 11.8 Å². The molecular formula is C24H44OS. The Morgan fingerprint density at radius 2 is 1.38 bits per heavy atom. The van der Waals surface area contributed by atoms with Gasteiger partial charge in [0, 0.05) is 18.1 Å². The number of hydrogen-bond acceptors (Lipinski definition) is 2. The largest absolute Gasteiger partial charge is 0.378 e. The Hall–Kier alpha value is -0.130. The molecule has 0 aromatic heterocycles. The Morgan fingerprint density at radius 1 is 0.808 bits per heavy atom. The lowest BCUT2D eigenvalue weighted by Gasteiger charge is -2.06. The summed E-state index contributed by atoms with van der Waals surface area (Å²) in [4.78, 5) is 0. The standard InChI is InChI=1S/C24H44OS/c1-23(2)25-20-22-26-21-16-12-10-8-6-4-3-5-7-9-11-13-17-24-18-14-15-19-24/h23-24H,3-12,14-16,18-22H2,1-2H3. The van der Waals surface area contributed by atoms with Crippen LogP contribution in [0, 0.1) is 17.8 Å². The molecule has 0 bridgehead atoms. The highest BCUT2D eigenvalue weighted by atomic mass is 32.2. The first-order valence-corrected chi connectivity index (χ1v) is 12.6. The van der Waals surface area contributed by atoms with E-state index in [9.17, 15) is 0 Å². The second kappa shape index (κ2) is 18.2. The number of hydrogen-bond donors (Lipinski definition) is 0. The van der Waals surface area contributed by atoms with Crippen LogP contribution in [0.4, 0.5) is 0 Å². The Labute approximate surface area is 168 Å². The SMILES string of the molecule is CC(C)OCCSCCCCCCCCCCCCC#CC1CCCC1. The molecule has 1 nitrogen and oxygen atoms in total. The van der Waals surface area contributed by atoms with Crippen molar-refractivity contribution in [1.29, 1.82) is 0 Å². The van der Waals surface area contributed by atoms with Crippen molar-refractivity contribution in [2.75, 3.05) is 18.1 Å². The molecule has 1 aliphatic carbocycles. The number of thioether (sulfide) groups is 1. The molecule has 152 valence electrons. The van der Waals surface area contributed by atoms with Crippen LogP contribution >= 0.6 is 11.8 Å². The van der Waals surface area contributed by atoms with Crippen LogP contribution in [0.15, 0.2) is 0 Å². The van der Waals surface area contributed by atoms with Crippen molar-refractivity contribution in [3.63, 3.8) is 0 Å². The van der Waals surface area contributed by atoms with Crippen LogP contribution in [0.5, 0.6) is 0 Å². The fraction of sp³-hybridized carbons (Fsp3) is 0.917. The van der Waals surface area contributed by atoms with Crippen molar-refractivity contribution in [2.45, 2.75) is 116 Å². The second-order valence-corrected chi connectivity index (χ2v) is 9.34. The third-order valence-corrected chi connectivity index (χ3v) is 6.21. The smallest absolute Gasteiger partial charge is 0.0560 e. The summed E-state index contributed by atoms with van der Waals surface area (Å²) in [7, 11) is 0. The van der Waals surface area contributed by atoms with Crippen LogP contribution in [-0.4, -0.2) is 24.2 Å². The summed E-state index contributed by atoms with van der Waals surface area (Å²) < 4.78 is 5.55. The summed E-state index contributed by atoms with van der Waals surface area (Å²) in [5.41, 5.74) is 0. The molecule has 0 radical (unpaired) electrons. The molecule has 0 atom stereocenters. The van der Waals surface area contributed by atoms with E-state index in [1.165, 1.54) is 95.6 Å². The van der Waals surface area contributed by atoms with E-state index in [0.717, 1.165) is 24.7 Å². The number of rotatable bonds is 16. The van der Waals surface area contributed by atoms with Gasteiger partial charge in [0.25, 0.3) is 0 Å². The maximum atomic E-state index is 5.55. The zero-order valence-corrected chi connectivity index (χ0v) is 18.5. The normalized spacial score (nSPS) is 14.7. The van der Waals surface area contributed by atoms with Crippen molar-refractivity contribution < 1.29 is 4.74 Å². The average molecular weight is 381 g/mol. The number of unbranched alkanes of at least 4 members (excludes halogenated alkanes) is 10. The van der Waals surface area contributed by atoms with Gasteiger partial charge in [-0.2, -0.15) is 11.8 Å². The van der Waals surface area contributed by atoms with Gasteiger partial charge in [-0.05, 0) is 45.3 Å². The van der Waals surface area contributed by atoms with Gasteiger partial charge in [-0.1, -0.05) is 70.1 Å². The zero-order valence-electron chi connectivity index (χ0n) is 17.7. The monoisotopic (exact) mass is 380 g/mol. The molecule has 0 saturated heterocycles. The molecule has 26 heavy (non-hydrogen) atoms. The van der Waals surface area contributed by atoms with Crippen LogP contribution in [0.3, 0.4) is 0 Å². The highest BCUT2D eigenvalue weighted by Crippen LogP contribution is 2.23. The quantitative estimate of drug-likeness (QED) is 0.201. The molecule has 1 fully saturated rings. The van der Waals surface area contributed by atoms with E-state index < -0.39 is 0 Å². The average Bonchev–Trinajstić information content (AvgIpc) is 3.14. The van der Waals surface area contributed by atoms with E-state index in [1.54, 1.807) is 0 Å². The topological polar surface area (TPSA) is 9.23 Å². The molecule has 0 aliphatic heterocycles. The molecule has 0 unspecified atom stereocenters. The van der Waals surface area contributed by atoms with Crippen LogP contribution in [0.25, 0.3) is 0 Å². The first kappa shape index (κ1) is 23.9. The van der Waals surface area contributed by atoms with E-state index >= 15 is 0 Å². The minimum absolute atomic E-state index is 0.380. The maximum Gasteiger partial charge on any atom is 0.0560 e. The summed E-state index contributed by atoms with van der Waals surface area (Å²) in [6.07, 6.45) is 21.2. The molecule has 0 heterocycles. The van der Waals surface area contributed by atoms with Gasteiger partial charge < -0.3 is 4.74 Å². The summed E-state index contributed by atoms with van der Waals surface area (Å²) in [6.45, 7) is 5.13. The van der Waals surface area contributed by atoms with Crippen molar-refractivity contribution >= 4 is 11.8 Å². The molecular weight excluding hydrogens is 336 g/mol. The predicted octanol–water partition coefficient (Wildman–Crippen LogP) is 7.63. The van der Waals surface area contributed by atoms with Gasteiger partial charge in [-0.3, -0.25) is 0 Å². The zero-order chi connectivity index (χ0) is 18.7. The van der Waals surface area contributed by atoms with Crippen LogP contribution in [0.2, 0.25) is 0 Å². The van der Waals surface area contributed by atoms with E-state index in [0.29, 0.717) is 6.10 Å². The van der Waals surface area contributed by atoms with Gasteiger partial charge in [0.05, 0.1) is 12.7 Å². The van der Waals surface area contributed by atoms with Crippen LogP contribution in [-0.2, 0) is 4.74 Å². The van der Waals surface area contributed by atoms with Gasteiger partial charge in [-0.15, -0.1) is 5.92 Å². The fourth-order valence-electron chi connectivity index (χ4n) is 3.56. The minimum atomic E-state index is 0.380. The molecule has 2 heteroatoms. The molecule has 1 rings (SSSR count). The van der Waals surface area contributed by atoms with E-state index in [4.69, 9.17) is 4.74 Å². The van der Waals surface area contributed by atoms with Crippen molar-refractivity contribution in [3.05, 3.63) is 0 Å². The van der Waals surface area contributed by atoms with Crippen LogP contribution in [0.1, 0.15) is 110 Å². The van der Waals surface area contributed by atoms with Gasteiger partial charge in [0.15, 0.2) is 0 Å². The lowest BCUT2D eigenvalue weighted by atomic mass is 10.1. The second-order valence-electron chi connectivity index (χ2n) is 8.12. The Morgan fingerprint density at radius 3 is 2.00 bits per heavy atom. The molecule has 0 amide bonds. The third-order valence-electron chi connectivity index (χ3n) is 5.18. The minimum Gasteiger partial charge on any atom is -0.378 e. The van der Waals surface area contributed by atoms with Gasteiger partial charge in [-0.25, -0.2) is 0 Å². The molecule has 0 aromatic carbocycles. The fourth-order valence-corrected chi connectivity index (χ4v) is 4.39. The summed E-state index contributed by atoms with van der Waals surface area (Å²) >= 11 is 2.05. The summed E-state index contributed by atoms with van der Waals surface area (Å²) in [6, 6.07) is 0. The molecule has 0 N–H and O–H groups in total. The summed E-state index contributed by atoms with van der Waals surface area (Å²) in [5, 5.41) is 0. The van der Waals surface area contributed by atoms with Crippen LogP contribution < -0.4 is 0 Å². The summed E-state index contributed by atoms with van der Waals surface area (Å²) in [5.74, 6) is 10.1. The predicted molar refractivity (Wildman–Crippen MR) is 119 cm³/mol. The van der Waals surface area contributed by atoms with E-state index in [1.807, 2.05) is 0 Å².